The van der Waals surface area contributed by atoms with Gasteiger partial charge in [-0.05, 0) is 54.4 Å². The van der Waals surface area contributed by atoms with Crippen molar-refractivity contribution in [3.05, 3.63) is 66.2 Å². The summed E-state index contributed by atoms with van der Waals surface area (Å²) in [4.78, 5) is 24.3. The molecule has 0 bridgehead atoms. The van der Waals surface area contributed by atoms with E-state index in [9.17, 15) is 9.59 Å². The van der Waals surface area contributed by atoms with Crippen molar-refractivity contribution in [1.82, 2.24) is 5.43 Å². The average Bonchev–Trinajstić information content (AvgIpc) is 2.83. The minimum absolute atomic E-state index is 0.0227. The van der Waals surface area contributed by atoms with Gasteiger partial charge in [0.15, 0.2) is 0 Å². The Hall–Kier alpha value is -3.87. The number of rotatable bonds is 11. The zero-order valence-electron chi connectivity index (χ0n) is 19.0. The van der Waals surface area contributed by atoms with Gasteiger partial charge in [-0.25, -0.2) is 5.43 Å². The Labute approximate surface area is 193 Å². The molecule has 3 rings (SSSR count). The molecule has 0 saturated heterocycles. The van der Waals surface area contributed by atoms with Gasteiger partial charge in [-0.2, -0.15) is 5.10 Å². The molecule has 3 aromatic carbocycles. The lowest BCUT2D eigenvalue weighted by Crippen LogP contribution is -2.20. The fraction of sp³-hybridized carbons (Fsp3) is 0.269. The van der Waals surface area contributed by atoms with Crippen LogP contribution in [0.3, 0.4) is 0 Å². The van der Waals surface area contributed by atoms with Crippen molar-refractivity contribution in [3.8, 4) is 11.5 Å². The minimum Gasteiger partial charge on any atom is -0.494 e. The molecule has 0 heterocycles. The third-order valence-electron chi connectivity index (χ3n) is 4.80. The molecule has 0 unspecified atom stereocenters. The lowest BCUT2D eigenvalue weighted by atomic mass is 10.0. The van der Waals surface area contributed by atoms with Gasteiger partial charge in [-0.1, -0.05) is 37.3 Å². The summed E-state index contributed by atoms with van der Waals surface area (Å²) >= 11 is 0. The lowest BCUT2D eigenvalue weighted by molar-refractivity contribution is -0.124. The molecular weight excluding hydrogens is 418 g/mol. The fourth-order valence-electron chi connectivity index (χ4n) is 3.22. The van der Waals surface area contributed by atoms with Crippen LogP contribution in [0.2, 0.25) is 0 Å². The third-order valence-corrected chi connectivity index (χ3v) is 4.80. The van der Waals surface area contributed by atoms with E-state index in [0.29, 0.717) is 24.7 Å². The van der Waals surface area contributed by atoms with Gasteiger partial charge in [0.25, 0.3) is 0 Å². The predicted octanol–water partition coefficient (Wildman–Crippen LogP) is 4.90. The summed E-state index contributed by atoms with van der Waals surface area (Å²) in [5.41, 5.74) is 3.95. The Kier molecular flexibility index (Phi) is 8.82. The van der Waals surface area contributed by atoms with E-state index < -0.39 is 0 Å². The van der Waals surface area contributed by atoms with Crippen LogP contribution >= 0.6 is 0 Å². The molecule has 0 aliphatic carbocycles. The Balaban J connectivity index is 1.54. The van der Waals surface area contributed by atoms with E-state index >= 15 is 0 Å². The van der Waals surface area contributed by atoms with E-state index in [1.165, 1.54) is 0 Å². The number of carbonyl (C=O) groups excluding carboxylic acids is 2. The minimum atomic E-state index is -0.343. The van der Waals surface area contributed by atoms with E-state index in [-0.39, 0.29) is 24.7 Å². The fourth-order valence-corrected chi connectivity index (χ4v) is 3.22. The van der Waals surface area contributed by atoms with Crippen LogP contribution in [0.1, 0.15) is 38.7 Å². The van der Waals surface area contributed by atoms with Gasteiger partial charge in [0.2, 0.25) is 11.8 Å². The van der Waals surface area contributed by atoms with E-state index in [4.69, 9.17) is 9.47 Å². The molecule has 0 fully saturated rings. The first-order chi connectivity index (χ1) is 16.1. The molecule has 0 aliphatic heterocycles. The maximum absolute atomic E-state index is 12.2. The van der Waals surface area contributed by atoms with Crippen LogP contribution in [0.4, 0.5) is 5.69 Å². The van der Waals surface area contributed by atoms with Crippen LogP contribution in [0.15, 0.2) is 65.8 Å². The summed E-state index contributed by atoms with van der Waals surface area (Å²) < 4.78 is 11.2. The monoisotopic (exact) mass is 447 g/mol. The maximum atomic E-state index is 12.2. The summed E-state index contributed by atoms with van der Waals surface area (Å²) in [6.07, 6.45) is 2.55. The van der Waals surface area contributed by atoms with Gasteiger partial charge in [-0.15, -0.1) is 0 Å². The molecule has 7 nitrogen and oxygen atoms in total. The summed E-state index contributed by atoms with van der Waals surface area (Å²) in [6.45, 7) is 5.12. The number of amides is 2. The summed E-state index contributed by atoms with van der Waals surface area (Å²) in [5.74, 6) is 0.859. The lowest BCUT2D eigenvalue weighted by Gasteiger charge is -2.11. The van der Waals surface area contributed by atoms with Crippen LogP contribution in [-0.2, 0) is 9.59 Å². The standard InChI is InChI=1S/C26H29N3O4/c1-3-17-33-24-14-9-19-7-5-6-8-22(19)23(24)18-27-29-26(31)16-15-25(30)28-20-10-12-21(13-11-20)32-4-2/h5-14,18H,3-4,15-17H2,1-2H3,(H,28,30)(H,29,31). The Morgan fingerprint density at radius 2 is 1.67 bits per heavy atom. The Morgan fingerprint density at radius 3 is 2.42 bits per heavy atom. The highest BCUT2D eigenvalue weighted by atomic mass is 16.5. The van der Waals surface area contributed by atoms with Gasteiger partial charge in [0, 0.05) is 24.1 Å². The molecule has 0 saturated carbocycles. The highest BCUT2D eigenvalue weighted by Gasteiger charge is 2.09. The highest BCUT2D eigenvalue weighted by Crippen LogP contribution is 2.26. The van der Waals surface area contributed by atoms with Crippen LogP contribution in [0.25, 0.3) is 10.8 Å². The number of ether oxygens (including phenoxy) is 2. The van der Waals surface area contributed by atoms with Gasteiger partial charge in [-0.3, -0.25) is 9.59 Å². The zero-order valence-corrected chi connectivity index (χ0v) is 19.0. The van der Waals surface area contributed by atoms with Crippen molar-refractivity contribution in [2.45, 2.75) is 33.1 Å². The molecule has 3 aromatic rings. The predicted molar refractivity (Wildman–Crippen MR) is 131 cm³/mol. The van der Waals surface area contributed by atoms with Crippen LogP contribution in [0.5, 0.6) is 11.5 Å². The molecule has 0 aromatic heterocycles. The second-order valence-electron chi connectivity index (χ2n) is 7.35. The van der Waals surface area contributed by atoms with E-state index in [0.717, 1.165) is 28.5 Å². The molecule has 172 valence electrons. The van der Waals surface area contributed by atoms with Gasteiger partial charge in [0.05, 0.1) is 19.4 Å². The number of hydrazone groups is 1. The topological polar surface area (TPSA) is 89.0 Å². The zero-order chi connectivity index (χ0) is 23.5. The molecule has 0 radical (unpaired) electrons. The first kappa shape index (κ1) is 23.8. The molecule has 2 amide bonds. The van der Waals surface area contributed by atoms with Gasteiger partial charge in [0.1, 0.15) is 11.5 Å². The van der Waals surface area contributed by atoms with E-state index in [1.807, 2.05) is 50.2 Å². The van der Waals surface area contributed by atoms with Crippen LogP contribution in [-0.4, -0.2) is 31.2 Å². The third kappa shape index (κ3) is 7.07. The van der Waals surface area contributed by atoms with Crippen molar-refractivity contribution in [2.24, 2.45) is 5.10 Å². The van der Waals surface area contributed by atoms with Crippen molar-refractivity contribution < 1.29 is 19.1 Å². The van der Waals surface area contributed by atoms with Gasteiger partial charge < -0.3 is 14.8 Å². The Bertz CT molecular complexity index is 1110. The van der Waals surface area contributed by atoms with Crippen molar-refractivity contribution in [3.63, 3.8) is 0 Å². The number of nitrogens with zero attached hydrogens (tertiary/aromatic N) is 1. The number of nitrogens with one attached hydrogen (secondary N) is 2. The van der Waals surface area contributed by atoms with Crippen molar-refractivity contribution in [2.75, 3.05) is 18.5 Å². The van der Waals surface area contributed by atoms with Crippen LogP contribution in [0, 0.1) is 0 Å². The normalized spacial score (nSPS) is 10.8. The van der Waals surface area contributed by atoms with Crippen LogP contribution < -0.4 is 20.2 Å². The number of hydrogen-bond donors (Lipinski definition) is 2. The van der Waals surface area contributed by atoms with E-state index in [2.05, 4.69) is 15.8 Å². The number of fused-ring (bicyclic) bond motifs is 1. The second kappa shape index (κ2) is 12.2. The molecule has 33 heavy (non-hydrogen) atoms. The van der Waals surface area contributed by atoms with Gasteiger partial charge >= 0.3 is 0 Å². The summed E-state index contributed by atoms with van der Waals surface area (Å²) in [7, 11) is 0. The molecular formula is C26H29N3O4. The molecule has 0 spiro atoms. The van der Waals surface area contributed by atoms with Crippen molar-refractivity contribution >= 4 is 34.5 Å². The largest absolute Gasteiger partial charge is 0.494 e. The highest BCUT2D eigenvalue weighted by molar-refractivity contribution is 6.02. The first-order valence-electron chi connectivity index (χ1n) is 11.1. The quantitative estimate of drug-likeness (QED) is 0.323. The maximum Gasteiger partial charge on any atom is 0.240 e. The number of carbonyl (C=O) groups is 2. The SMILES string of the molecule is CCCOc1ccc2ccccc2c1C=NNC(=O)CCC(=O)Nc1ccc(OCC)cc1. The average molecular weight is 448 g/mol. The summed E-state index contributed by atoms with van der Waals surface area (Å²) in [6, 6.07) is 18.9. The van der Waals surface area contributed by atoms with Crippen molar-refractivity contribution in [1.29, 1.82) is 0 Å². The number of benzene rings is 3. The molecule has 7 heteroatoms. The van der Waals surface area contributed by atoms with E-state index in [1.54, 1.807) is 30.5 Å². The number of anilines is 1. The smallest absolute Gasteiger partial charge is 0.240 e. The molecule has 0 aliphatic rings. The molecule has 2 N–H and O–H groups in total. The number of hydrogen-bond acceptors (Lipinski definition) is 5. The summed E-state index contributed by atoms with van der Waals surface area (Å²) in [5, 5.41) is 8.91. The Morgan fingerprint density at radius 1 is 0.909 bits per heavy atom. The first-order valence-corrected chi connectivity index (χ1v) is 11.1. The second-order valence-corrected chi connectivity index (χ2v) is 7.35. The molecule has 0 atom stereocenters.